The molecular weight excluding hydrogens is 458 g/mol. The fourth-order valence-electron chi connectivity index (χ4n) is 4.25. The first kappa shape index (κ1) is 22.2. The molecule has 2 aliphatic heterocycles. The molecule has 0 radical (unpaired) electrons. The van der Waals surface area contributed by atoms with Gasteiger partial charge in [-0.05, 0) is 29.8 Å². The Morgan fingerprint density at radius 3 is 2.62 bits per heavy atom. The predicted octanol–water partition coefficient (Wildman–Crippen LogP) is 3.15. The average molecular weight is 478 g/mol. The van der Waals surface area contributed by atoms with Gasteiger partial charge in [0.25, 0.3) is 0 Å². The Bertz CT molecular complexity index is 1380. The maximum Gasteiger partial charge on any atom is 0.344 e. The smallest absolute Gasteiger partial charge is 0.344 e. The van der Waals surface area contributed by atoms with Crippen molar-refractivity contribution in [2.24, 2.45) is 0 Å². The van der Waals surface area contributed by atoms with Gasteiger partial charge in [0.1, 0.15) is 17.2 Å². The third-order valence-corrected chi connectivity index (χ3v) is 6.12. The van der Waals surface area contributed by atoms with Crippen molar-refractivity contribution < 1.29 is 18.7 Å². The molecule has 34 heavy (non-hydrogen) atoms. The quantitative estimate of drug-likeness (QED) is 0.575. The van der Waals surface area contributed by atoms with Crippen LogP contribution < -0.4 is 15.7 Å². The summed E-state index contributed by atoms with van der Waals surface area (Å²) in [5.74, 6) is -0.864. The molecule has 2 aliphatic rings. The van der Waals surface area contributed by atoms with Crippen LogP contribution >= 0.6 is 11.6 Å². The Morgan fingerprint density at radius 1 is 1.15 bits per heavy atom. The minimum Gasteiger partial charge on any atom is -0.438 e. The van der Waals surface area contributed by atoms with E-state index >= 15 is 0 Å². The van der Waals surface area contributed by atoms with Gasteiger partial charge in [-0.25, -0.2) is 4.79 Å². The molecule has 1 aromatic heterocycles. The second kappa shape index (κ2) is 9.31. The number of allylic oxidation sites excluding steroid dienone is 1. The highest BCUT2D eigenvalue weighted by Crippen LogP contribution is 2.44. The lowest BCUT2D eigenvalue weighted by Crippen LogP contribution is -2.44. The Labute approximate surface area is 199 Å². The molecule has 3 heterocycles. The Hall–Kier alpha value is -3.64. The van der Waals surface area contributed by atoms with Gasteiger partial charge in [0, 0.05) is 18.1 Å². The van der Waals surface area contributed by atoms with E-state index in [0.29, 0.717) is 47.9 Å². The van der Waals surface area contributed by atoms with Crippen LogP contribution in [0.2, 0.25) is 5.02 Å². The molecule has 5 rings (SSSR count). The fourth-order valence-corrected chi connectivity index (χ4v) is 4.38. The summed E-state index contributed by atoms with van der Waals surface area (Å²) in [6.45, 7) is 2.53. The predicted molar refractivity (Wildman–Crippen MR) is 124 cm³/mol. The molecule has 8 nitrogen and oxygen atoms in total. The van der Waals surface area contributed by atoms with E-state index in [1.54, 1.807) is 48.5 Å². The van der Waals surface area contributed by atoms with Gasteiger partial charge in [-0.3, -0.25) is 15.0 Å². The summed E-state index contributed by atoms with van der Waals surface area (Å²) in [6, 6.07) is 15.9. The Balaban J connectivity index is 1.61. The molecule has 9 heteroatoms. The van der Waals surface area contributed by atoms with Crippen molar-refractivity contribution in [3.05, 3.63) is 86.6 Å². The highest BCUT2D eigenvalue weighted by molar-refractivity contribution is 6.30. The van der Waals surface area contributed by atoms with Gasteiger partial charge >= 0.3 is 5.63 Å². The van der Waals surface area contributed by atoms with Crippen LogP contribution in [0.4, 0.5) is 0 Å². The molecule has 2 aromatic carbocycles. The van der Waals surface area contributed by atoms with E-state index in [9.17, 15) is 14.9 Å². The second-order valence-electron chi connectivity index (χ2n) is 8.01. The van der Waals surface area contributed by atoms with Crippen molar-refractivity contribution in [2.75, 3.05) is 32.8 Å². The minimum atomic E-state index is -0.800. The number of para-hydroxylation sites is 1. The highest BCUT2D eigenvalue weighted by Gasteiger charge is 2.37. The zero-order valence-electron chi connectivity index (χ0n) is 18.0. The Morgan fingerprint density at radius 2 is 1.88 bits per heavy atom. The number of benzene rings is 2. The molecule has 1 amide bonds. The van der Waals surface area contributed by atoms with Crippen LogP contribution in [0, 0.1) is 11.3 Å². The SMILES string of the molecule is N#CC1=C(NC(=O)CN2CCOCC2)Oc2c(c(=O)oc3ccccc23)C1c1ccc(Cl)cc1. The van der Waals surface area contributed by atoms with Gasteiger partial charge in [-0.1, -0.05) is 35.9 Å². The lowest BCUT2D eigenvalue weighted by atomic mass is 9.84. The average Bonchev–Trinajstić information content (AvgIpc) is 2.84. The normalized spacial score (nSPS) is 18.2. The molecule has 3 aromatic rings. The number of hydrogen-bond acceptors (Lipinski definition) is 7. The molecule has 0 spiro atoms. The van der Waals surface area contributed by atoms with Crippen LogP contribution in [0.3, 0.4) is 0 Å². The number of nitriles is 1. The number of nitrogens with one attached hydrogen (secondary N) is 1. The number of rotatable bonds is 4. The van der Waals surface area contributed by atoms with Crippen LogP contribution in [0.1, 0.15) is 17.0 Å². The molecule has 1 atom stereocenters. The molecular formula is C25H20ClN3O5. The van der Waals surface area contributed by atoms with E-state index in [0.717, 1.165) is 0 Å². The van der Waals surface area contributed by atoms with Crippen molar-refractivity contribution in [2.45, 2.75) is 5.92 Å². The molecule has 1 N–H and O–H groups in total. The monoisotopic (exact) mass is 477 g/mol. The number of amides is 1. The number of hydrogen-bond donors (Lipinski definition) is 1. The first-order chi connectivity index (χ1) is 16.5. The standard InChI is InChI=1S/C25H20ClN3O5/c26-16-7-5-15(6-8-16)21-18(13-27)24(28-20(30)14-29-9-11-32-12-10-29)34-23-17-3-1-2-4-19(17)33-25(31)22(21)23/h1-8,21H,9-12,14H2,(H,28,30). The van der Waals surface area contributed by atoms with Gasteiger partial charge in [-0.2, -0.15) is 5.26 Å². The number of ether oxygens (including phenoxy) is 2. The first-order valence-electron chi connectivity index (χ1n) is 10.8. The van der Waals surface area contributed by atoms with Gasteiger partial charge in [0.15, 0.2) is 5.75 Å². The van der Waals surface area contributed by atoms with Crippen LogP contribution in [-0.4, -0.2) is 43.7 Å². The zero-order chi connectivity index (χ0) is 23.7. The Kier molecular flexibility index (Phi) is 6.07. The molecule has 1 fully saturated rings. The molecule has 1 saturated heterocycles. The number of carbonyl (C=O) groups is 1. The van der Waals surface area contributed by atoms with Gasteiger partial charge in [-0.15, -0.1) is 0 Å². The van der Waals surface area contributed by atoms with E-state index in [2.05, 4.69) is 11.4 Å². The van der Waals surface area contributed by atoms with E-state index in [4.69, 9.17) is 25.5 Å². The third-order valence-electron chi connectivity index (χ3n) is 5.87. The lowest BCUT2D eigenvalue weighted by molar-refractivity contribution is -0.123. The van der Waals surface area contributed by atoms with Crippen LogP contribution in [0.15, 0.2) is 69.2 Å². The van der Waals surface area contributed by atoms with Crippen LogP contribution in [0.5, 0.6) is 5.75 Å². The summed E-state index contributed by atoms with van der Waals surface area (Å²) in [5.41, 5.74) is 0.685. The number of nitrogens with zero attached hydrogens (tertiary/aromatic N) is 2. The molecule has 0 saturated carbocycles. The van der Waals surface area contributed by atoms with Crippen LogP contribution in [0.25, 0.3) is 11.0 Å². The van der Waals surface area contributed by atoms with E-state index in [1.165, 1.54) is 0 Å². The first-order valence-corrected chi connectivity index (χ1v) is 11.2. The number of halogens is 1. The summed E-state index contributed by atoms with van der Waals surface area (Å²) in [5, 5.41) is 13.9. The molecule has 1 unspecified atom stereocenters. The zero-order valence-corrected chi connectivity index (χ0v) is 18.8. The minimum absolute atomic E-state index is 0.00367. The summed E-state index contributed by atoms with van der Waals surface area (Å²) < 4.78 is 16.9. The summed E-state index contributed by atoms with van der Waals surface area (Å²) in [7, 11) is 0. The molecule has 0 bridgehead atoms. The fraction of sp³-hybridized carbons (Fsp3) is 0.240. The summed E-state index contributed by atoms with van der Waals surface area (Å²) in [6.07, 6.45) is 0. The lowest BCUT2D eigenvalue weighted by Gasteiger charge is -2.29. The maximum atomic E-state index is 13.1. The number of carbonyl (C=O) groups excluding carboxylic acids is 1. The molecule has 0 aliphatic carbocycles. The van der Waals surface area contributed by atoms with E-state index < -0.39 is 11.5 Å². The maximum absolute atomic E-state index is 13.1. The number of fused-ring (bicyclic) bond motifs is 3. The van der Waals surface area contributed by atoms with Gasteiger partial charge < -0.3 is 13.9 Å². The molecule has 172 valence electrons. The highest BCUT2D eigenvalue weighted by atomic mass is 35.5. The topological polar surface area (TPSA) is 105 Å². The van der Waals surface area contributed by atoms with Crippen molar-refractivity contribution in [3.63, 3.8) is 0 Å². The van der Waals surface area contributed by atoms with Gasteiger partial charge in [0.05, 0.1) is 36.6 Å². The van der Waals surface area contributed by atoms with Crippen molar-refractivity contribution >= 4 is 28.5 Å². The summed E-state index contributed by atoms with van der Waals surface area (Å²) in [4.78, 5) is 27.9. The summed E-state index contributed by atoms with van der Waals surface area (Å²) >= 11 is 6.07. The largest absolute Gasteiger partial charge is 0.438 e. The van der Waals surface area contributed by atoms with Gasteiger partial charge in [0.2, 0.25) is 11.8 Å². The van der Waals surface area contributed by atoms with Crippen molar-refractivity contribution in [3.8, 4) is 11.8 Å². The number of morpholine rings is 1. The van der Waals surface area contributed by atoms with E-state index in [-0.39, 0.29) is 35.2 Å². The van der Waals surface area contributed by atoms with E-state index in [1.807, 2.05) is 4.90 Å². The van der Waals surface area contributed by atoms with Crippen molar-refractivity contribution in [1.82, 2.24) is 10.2 Å². The second-order valence-corrected chi connectivity index (χ2v) is 8.44. The van der Waals surface area contributed by atoms with Crippen molar-refractivity contribution in [1.29, 1.82) is 5.26 Å². The third kappa shape index (κ3) is 4.17. The van der Waals surface area contributed by atoms with Crippen LogP contribution in [-0.2, 0) is 9.53 Å².